The highest BCUT2D eigenvalue weighted by Gasteiger charge is 2.37. The van der Waals surface area contributed by atoms with E-state index >= 15 is 0 Å². The third kappa shape index (κ3) is 2.62. The number of hydrogen-bond acceptors (Lipinski definition) is 4. The van der Waals surface area contributed by atoms with Crippen LogP contribution < -0.4 is 0 Å². The summed E-state index contributed by atoms with van der Waals surface area (Å²) >= 11 is 0. The number of carboxylic acid groups (broad SMARTS) is 1. The Morgan fingerprint density at radius 2 is 2.38 bits per heavy atom. The quantitative estimate of drug-likeness (QED) is 0.791. The molecular weight excluding hydrogens is 210 g/mol. The van der Waals surface area contributed by atoms with E-state index in [0.717, 1.165) is 5.56 Å². The Hall–Kier alpha value is -1.33. The molecular formula is C11H17NO4. The zero-order valence-electron chi connectivity index (χ0n) is 9.77. The van der Waals surface area contributed by atoms with Crippen molar-refractivity contribution in [2.75, 3.05) is 20.8 Å². The van der Waals surface area contributed by atoms with Crippen LogP contribution in [0.15, 0.2) is 23.0 Å². The Kier molecular flexibility index (Phi) is 4.09. The first-order valence-electron chi connectivity index (χ1n) is 4.95. The second-order valence-corrected chi connectivity index (χ2v) is 4.00. The SMILES string of the molecule is COCC(C)(C(=O)O)N(C)Cc1ccoc1. The van der Waals surface area contributed by atoms with Crippen LogP contribution in [0.5, 0.6) is 0 Å². The summed E-state index contributed by atoms with van der Waals surface area (Å²) in [5, 5.41) is 9.22. The average molecular weight is 227 g/mol. The third-order valence-electron chi connectivity index (χ3n) is 2.73. The van der Waals surface area contributed by atoms with E-state index in [9.17, 15) is 9.90 Å². The van der Waals surface area contributed by atoms with E-state index in [1.165, 1.54) is 7.11 Å². The van der Waals surface area contributed by atoms with Crippen LogP contribution in [0.1, 0.15) is 12.5 Å². The second kappa shape index (κ2) is 5.14. The molecule has 0 aliphatic carbocycles. The molecule has 1 N–H and O–H groups in total. The van der Waals surface area contributed by atoms with Gasteiger partial charge in [-0.05, 0) is 20.0 Å². The summed E-state index contributed by atoms with van der Waals surface area (Å²) in [6.07, 6.45) is 3.17. The summed E-state index contributed by atoms with van der Waals surface area (Å²) in [5.41, 5.74) is -0.0995. The standard InChI is InChI=1S/C11H17NO4/c1-11(8-15-3,10(13)14)12(2)6-9-4-5-16-7-9/h4-5,7H,6,8H2,1-3H3,(H,13,14). The second-order valence-electron chi connectivity index (χ2n) is 4.00. The predicted molar refractivity (Wildman–Crippen MR) is 58.1 cm³/mol. The number of rotatable bonds is 6. The monoisotopic (exact) mass is 227 g/mol. The van der Waals surface area contributed by atoms with Gasteiger partial charge in [-0.2, -0.15) is 0 Å². The lowest BCUT2D eigenvalue weighted by molar-refractivity contribution is -0.153. The van der Waals surface area contributed by atoms with Crippen LogP contribution in [0.4, 0.5) is 0 Å². The summed E-state index contributed by atoms with van der Waals surface area (Å²) in [6.45, 7) is 2.28. The molecule has 1 atom stereocenters. The van der Waals surface area contributed by atoms with Crippen LogP contribution in [-0.4, -0.2) is 42.3 Å². The number of carbonyl (C=O) groups is 1. The van der Waals surface area contributed by atoms with E-state index in [1.807, 2.05) is 6.07 Å². The smallest absolute Gasteiger partial charge is 0.326 e. The van der Waals surface area contributed by atoms with Crippen molar-refractivity contribution in [1.82, 2.24) is 4.90 Å². The Morgan fingerprint density at radius 1 is 1.69 bits per heavy atom. The van der Waals surface area contributed by atoms with Gasteiger partial charge < -0.3 is 14.3 Å². The summed E-state index contributed by atoms with van der Waals surface area (Å²) < 4.78 is 9.91. The van der Waals surface area contributed by atoms with Crippen molar-refractivity contribution in [3.8, 4) is 0 Å². The number of nitrogens with zero attached hydrogens (tertiary/aromatic N) is 1. The third-order valence-corrected chi connectivity index (χ3v) is 2.73. The summed E-state index contributed by atoms with van der Waals surface area (Å²) in [7, 11) is 3.24. The van der Waals surface area contributed by atoms with Gasteiger partial charge in [0.1, 0.15) is 5.54 Å². The molecule has 0 fully saturated rings. The minimum atomic E-state index is -1.04. The maximum absolute atomic E-state index is 11.2. The molecule has 0 saturated heterocycles. The van der Waals surface area contributed by atoms with Gasteiger partial charge in [0.05, 0.1) is 19.1 Å². The van der Waals surface area contributed by atoms with Crippen LogP contribution in [0, 0.1) is 0 Å². The minimum absolute atomic E-state index is 0.136. The minimum Gasteiger partial charge on any atom is -0.480 e. The number of methoxy groups -OCH3 is 1. The molecule has 0 aliphatic rings. The van der Waals surface area contributed by atoms with Gasteiger partial charge in [-0.3, -0.25) is 9.69 Å². The van der Waals surface area contributed by atoms with Gasteiger partial charge in [-0.1, -0.05) is 0 Å². The van der Waals surface area contributed by atoms with E-state index in [4.69, 9.17) is 9.15 Å². The first kappa shape index (κ1) is 12.7. The maximum atomic E-state index is 11.2. The normalized spacial score (nSPS) is 15.0. The lowest BCUT2D eigenvalue weighted by atomic mass is 10.0. The Labute approximate surface area is 94.6 Å². The zero-order chi connectivity index (χ0) is 12.2. The summed E-state index contributed by atoms with van der Waals surface area (Å²) in [4.78, 5) is 13.0. The highest BCUT2D eigenvalue weighted by molar-refractivity contribution is 5.78. The van der Waals surface area contributed by atoms with Crippen LogP contribution in [0.2, 0.25) is 0 Å². The molecule has 5 heteroatoms. The van der Waals surface area contributed by atoms with Crippen LogP contribution in [0.25, 0.3) is 0 Å². The number of hydrogen-bond donors (Lipinski definition) is 1. The Balaban J connectivity index is 2.75. The number of ether oxygens (including phenoxy) is 1. The van der Waals surface area contributed by atoms with E-state index in [1.54, 1.807) is 31.4 Å². The van der Waals surface area contributed by atoms with Crippen molar-refractivity contribution in [3.05, 3.63) is 24.2 Å². The van der Waals surface area contributed by atoms with Gasteiger partial charge in [-0.15, -0.1) is 0 Å². The van der Waals surface area contributed by atoms with Gasteiger partial charge in [0.25, 0.3) is 0 Å². The van der Waals surface area contributed by atoms with Crippen molar-refractivity contribution in [2.24, 2.45) is 0 Å². The van der Waals surface area contributed by atoms with E-state index in [-0.39, 0.29) is 6.61 Å². The molecule has 1 heterocycles. The summed E-state index contributed by atoms with van der Waals surface area (Å²) in [6, 6.07) is 1.81. The van der Waals surface area contributed by atoms with Crippen molar-refractivity contribution in [2.45, 2.75) is 19.0 Å². The predicted octanol–water partition coefficient (Wildman–Crippen LogP) is 1.20. The van der Waals surface area contributed by atoms with Crippen LogP contribution in [-0.2, 0) is 16.1 Å². The topological polar surface area (TPSA) is 62.9 Å². The summed E-state index contributed by atoms with van der Waals surface area (Å²) in [5.74, 6) is -0.902. The number of likely N-dealkylation sites (N-methyl/N-ethyl adjacent to an activating group) is 1. The fraction of sp³-hybridized carbons (Fsp3) is 0.545. The van der Waals surface area contributed by atoms with Gasteiger partial charge in [-0.25, -0.2) is 0 Å². The molecule has 5 nitrogen and oxygen atoms in total. The highest BCUT2D eigenvalue weighted by Crippen LogP contribution is 2.17. The first-order chi connectivity index (χ1) is 7.50. The maximum Gasteiger partial charge on any atom is 0.326 e. The van der Waals surface area contributed by atoms with Gasteiger partial charge in [0.2, 0.25) is 0 Å². The van der Waals surface area contributed by atoms with Crippen molar-refractivity contribution in [1.29, 1.82) is 0 Å². The van der Waals surface area contributed by atoms with Gasteiger partial charge in [0, 0.05) is 19.2 Å². The molecule has 1 rings (SSSR count). The molecule has 0 radical (unpaired) electrons. The van der Waals surface area contributed by atoms with Gasteiger partial charge in [0.15, 0.2) is 0 Å². The molecule has 1 aromatic rings. The van der Waals surface area contributed by atoms with Crippen molar-refractivity contribution < 1.29 is 19.1 Å². The Bertz CT molecular complexity index is 336. The van der Waals surface area contributed by atoms with Crippen LogP contribution >= 0.6 is 0 Å². The zero-order valence-corrected chi connectivity index (χ0v) is 9.77. The molecule has 0 aliphatic heterocycles. The van der Waals surface area contributed by atoms with Gasteiger partial charge >= 0.3 is 5.97 Å². The fourth-order valence-corrected chi connectivity index (χ4v) is 1.45. The lowest BCUT2D eigenvalue weighted by Crippen LogP contribution is -2.53. The molecule has 0 saturated carbocycles. The molecule has 16 heavy (non-hydrogen) atoms. The van der Waals surface area contributed by atoms with E-state index < -0.39 is 11.5 Å². The average Bonchev–Trinajstić information content (AvgIpc) is 2.70. The number of aliphatic carboxylic acids is 1. The first-order valence-corrected chi connectivity index (χ1v) is 4.95. The molecule has 0 amide bonds. The Morgan fingerprint density at radius 3 is 2.81 bits per heavy atom. The molecule has 0 spiro atoms. The largest absolute Gasteiger partial charge is 0.480 e. The highest BCUT2D eigenvalue weighted by atomic mass is 16.5. The van der Waals surface area contributed by atoms with Crippen LogP contribution in [0.3, 0.4) is 0 Å². The number of carboxylic acids is 1. The molecule has 1 aromatic heterocycles. The number of furan rings is 1. The molecule has 0 bridgehead atoms. The molecule has 90 valence electrons. The van der Waals surface area contributed by atoms with Crippen molar-refractivity contribution in [3.63, 3.8) is 0 Å². The van der Waals surface area contributed by atoms with E-state index in [0.29, 0.717) is 6.54 Å². The molecule has 0 aromatic carbocycles. The fourth-order valence-electron chi connectivity index (χ4n) is 1.45. The molecule has 1 unspecified atom stereocenters. The van der Waals surface area contributed by atoms with Crippen molar-refractivity contribution >= 4 is 5.97 Å². The van der Waals surface area contributed by atoms with E-state index in [2.05, 4.69) is 0 Å². The lowest BCUT2D eigenvalue weighted by Gasteiger charge is -2.34.